The van der Waals surface area contributed by atoms with Crippen LogP contribution in [0.25, 0.3) is 22.6 Å². The molecule has 4 aromatic rings. The average molecular weight is 391 g/mol. The van der Waals surface area contributed by atoms with Crippen molar-refractivity contribution in [1.29, 1.82) is 0 Å². The molecule has 0 fully saturated rings. The number of halogens is 2. The van der Waals surface area contributed by atoms with Crippen molar-refractivity contribution in [2.45, 2.75) is 6.54 Å². The highest BCUT2D eigenvalue weighted by molar-refractivity contribution is 6.29. The van der Waals surface area contributed by atoms with Gasteiger partial charge in [0.05, 0.1) is 0 Å². The van der Waals surface area contributed by atoms with Gasteiger partial charge in [-0.3, -0.25) is 18.5 Å². The summed E-state index contributed by atoms with van der Waals surface area (Å²) < 4.78 is 22.2. The molecule has 9 nitrogen and oxygen atoms in total. The maximum absolute atomic E-state index is 13.0. The van der Waals surface area contributed by atoms with Crippen LogP contribution in [0.1, 0.15) is 5.89 Å². The van der Waals surface area contributed by atoms with E-state index < -0.39 is 11.2 Å². The van der Waals surface area contributed by atoms with E-state index >= 15 is 0 Å². The first-order valence-corrected chi connectivity index (χ1v) is 8.14. The molecule has 3 aromatic heterocycles. The Bertz CT molecular complexity index is 1280. The first-order valence-electron chi connectivity index (χ1n) is 7.77. The highest BCUT2D eigenvalue weighted by Crippen LogP contribution is 2.21. The molecule has 0 saturated heterocycles. The van der Waals surface area contributed by atoms with Crippen LogP contribution in [0, 0.1) is 5.82 Å². The van der Waals surface area contributed by atoms with Crippen LogP contribution in [0.4, 0.5) is 4.39 Å². The van der Waals surface area contributed by atoms with Gasteiger partial charge in [-0.1, -0.05) is 0 Å². The molecule has 0 N–H and O–H groups in total. The van der Waals surface area contributed by atoms with Gasteiger partial charge in [-0.15, -0.1) is 10.2 Å². The molecule has 0 radical (unpaired) electrons. The number of hydrogen-bond acceptors (Lipinski definition) is 6. The molecule has 3 heterocycles. The van der Waals surface area contributed by atoms with E-state index in [1.807, 2.05) is 0 Å². The van der Waals surface area contributed by atoms with Crippen LogP contribution < -0.4 is 11.2 Å². The van der Waals surface area contributed by atoms with Crippen molar-refractivity contribution in [1.82, 2.24) is 28.9 Å². The first kappa shape index (κ1) is 17.2. The molecule has 4 rings (SSSR count). The molecule has 0 unspecified atom stereocenters. The normalized spacial score (nSPS) is 11.4. The second-order valence-corrected chi connectivity index (χ2v) is 6.19. The first-order chi connectivity index (χ1) is 12.9. The van der Waals surface area contributed by atoms with Gasteiger partial charge in [0.2, 0.25) is 17.1 Å². The summed E-state index contributed by atoms with van der Waals surface area (Å²) in [4.78, 5) is 28.6. The predicted octanol–water partition coefficient (Wildman–Crippen LogP) is 1.32. The summed E-state index contributed by atoms with van der Waals surface area (Å²) >= 11 is 6.16. The van der Waals surface area contributed by atoms with Gasteiger partial charge in [-0.25, -0.2) is 9.18 Å². The average Bonchev–Trinajstić information content (AvgIpc) is 3.24. The summed E-state index contributed by atoms with van der Waals surface area (Å²) in [5.41, 5.74) is -0.191. The summed E-state index contributed by atoms with van der Waals surface area (Å²) in [7, 11) is 2.87. The molecular formula is C16H12ClFN6O3. The van der Waals surface area contributed by atoms with Gasteiger partial charge in [0.15, 0.2) is 11.2 Å². The van der Waals surface area contributed by atoms with E-state index in [0.717, 1.165) is 4.57 Å². The zero-order valence-corrected chi connectivity index (χ0v) is 14.9. The maximum Gasteiger partial charge on any atom is 0.332 e. The quantitative estimate of drug-likeness (QED) is 0.489. The molecule has 0 amide bonds. The number of nitrogens with zero attached hydrogens (tertiary/aromatic N) is 6. The van der Waals surface area contributed by atoms with Crippen molar-refractivity contribution in [3.8, 4) is 11.5 Å². The van der Waals surface area contributed by atoms with Gasteiger partial charge >= 0.3 is 5.69 Å². The number of aryl methyl sites for hydroxylation is 1. The minimum Gasteiger partial charge on any atom is -0.419 e. The van der Waals surface area contributed by atoms with Gasteiger partial charge < -0.3 is 4.42 Å². The van der Waals surface area contributed by atoms with E-state index in [0.29, 0.717) is 5.56 Å². The Balaban J connectivity index is 1.79. The second kappa shape index (κ2) is 6.16. The minimum absolute atomic E-state index is 0.00447. The Morgan fingerprint density at radius 2 is 1.81 bits per heavy atom. The smallest absolute Gasteiger partial charge is 0.332 e. The molecule has 0 aliphatic carbocycles. The lowest BCUT2D eigenvalue weighted by Gasteiger charge is -2.05. The molecule has 0 aliphatic rings. The monoisotopic (exact) mass is 390 g/mol. The molecule has 11 heteroatoms. The third-order valence-electron chi connectivity index (χ3n) is 4.15. The van der Waals surface area contributed by atoms with E-state index in [1.54, 1.807) is 0 Å². The third kappa shape index (κ3) is 2.74. The molecule has 0 aliphatic heterocycles. The number of imidazole rings is 1. The fourth-order valence-corrected chi connectivity index (χ4v) is 2.95. The lowest BCUT2D eigenvalue weighted by atomic mass is 10.2. The topological polar surface area (TPSA) is 101 Å². The second-order valence-electron chi connectivity index (χ2n) is 5.85. The van der Waals surface area contributed by atoms with Gasteiger partial charge in [0.1, 0.15) is 12.4 Å². The summed E-state index contributed by atoms with van der Waals surface area (Å²) in [5.74, 6) is -0.00566. The van der Waals surface area contributed by atoms with E-state index in [1.165, 1.54) is 47.5 Å². The van der Waals surface area contributed by atoms with Crippen LogP contribution >= 0.6 is 11.6 Å². The summed E-state index contributed by atoms with van der Waals surface area (Å²) in [6.45, 7) is -0.0169. The zero-order valence-electron chi connectivity index (χ0n) is 14.2. The number of fused-ring (bicyclic) bond motifs is 1. The maximum atomic E-state index is 13.0. The Hall–Kier alpha value is -3.27. The third-order valence-corrected chi connectivity index (χ3v) is 4.44. The lowest BCUT2D eigenvalue weighted by Crippen LogP contribution is -2.37. The van der Waals surface area contributed by atoms with Crippen LogP contribution in [0.2, 0.25) is 5.28 Å². The predicted molar refractivity (Wildman–Crippen MR) is 94.0 cm³/mol. The van der Waals surface area contributed by atoms with Crippen molar-refractivity contribution >= 4 is 22.8 Å². The van der Waals surface area contributed by atoms with E-state index in [9.17, 15) is 14.0 Å². The highest BCUT2D eigenvalue weighted by atomic mass is 35.5. The Morgan fingerprint density at radius 1 is 1.11 bits per heavy atom. The highest BCUT2D eigenvalue weighted by Gasteiger charge is 2.20. The van der Waals surface area contributed by atoms with E-state index in [2.05, 4.69) is 15.2 Å². The van der Waals surface area contributed by atoms with Gasteiger partial charge in [-0.05, 0) is 35.9 Å². The van der Waals surface area contributed by atoms with Crippen LogP contribution in [-0.2, 0) is 20.6 Å². The SMILES string of the molecule is Cn1c(=O)c2c(nc(Cl)n2Cc2nnc(-c3ccc(F)cc3)o2)n(C)c1=O. The Morgan fingerprint density at radius 3 is 2.52 bits per heavy atom. The van der Waals surface area contributed by atoms with Crippen molar-refractivity contribution < 1.29 is 8.81 Å². The fraction of sp³-hybridized carbons (Fsp3) is 0.188. The van der Waals surface area contributed by atoms with E-state index in [4.69, 9.17) is 16.0 Å². The molecule has 0 saturated carbocycles. The molecule has 138 valence electrons. The minimum atomic E-state index is -0.536. The Kier molecular flexibility index (Phi) is 3.92. The van der Waals surface area contributed by atoms with Crippen molar-refractivity contribution in [3.63, 3.8) is 0 Å². The largest absolute Gasteiger partial charge is 0.419 e. The Labute approximate surface area is 155 Å². The molecule has 27 heavy (non-hydrogen) atoms. The molecule has 1 aromatic carbocycles. The number of benzene rings is 1. The molecular weight excluding hydrogens is 379 g/mol. The standard InChI is InChI=1S/C16H12ClFN6O3/c1-22-12-11(14(25)23(2)16(22)26)24(15(17)19-12)7-10-20-21-13(27-10)8-3-5-9(18)6-4-8/h3-6H,7H2,1-2H3. The molecule has 0 bridgehead atoms. The molecule has 0 atom stereocenters. The summed E-state index contributed by atoms with van der Waals surface area (Å²) in [6.07, 6.45) is 0. The summed E-state index contributed by atoms with van der Waals surface area (Å²) in [5, 5.41) is 7.86. The summed E-state index contributed by atoms with van der Waals surface area (Å²) in [6, 6.07) is 5.59. The fourth-order valence-electron chi connectivity index (χ4n) is 2.73. The van der Waals surface area contributed by atoms with Crippen molar-refractivity contribution in [2.75, 3.05) is 0 Å². The van der Waals surface area contributed by atoms with Crippen LogP contribution in [0.5, 0.6) is 0 Å². The van der Waals surface area contributed by atoms with Gasteiger partial charge in [-0.2, -0.15) is 4.98 Å². The number of aromatic nitrogens is 6. The number of rotatable bonds is 3. The molecule has 0 spiro atoms. The number of hydrogen-bond donors (Lipinski definition) is 0. The van der Waals surface area contributed by atoms with Crippen LogP contribution in [0.15, 0.2) is 38.3 Å². The van der Waals surface area contributed by atoms with E-state index in [-0.39, 0.29) is 40.6 Å². The van der Waals surface area contributed by atoms with Gasteiger partial charge in [0, 0.05) is 19.7 Å². The van der Waals surface area contributed by atoms with Crippen molar-refractivity contribution in [2.24, 2.45) is 14.1 Å². The zero-order chi connectivity index (χ0) is 19.3. The lowest BCUT2D eigenvalue weighted by molar-refractivity contribution is 0.490. The van der Waals surface area contributed by atoms with Gasteiger partial charge in [0.25, 0.3) is 5.56 Å². The van der Waals surface area contributed by atoms with Crippen molar-refractivity contribution in [3.05, 3.63) is 62.1 Å². The van der Waals surface area contributed by atoms with Crippen LogP contribution in [-0.4, -0.2) is 28.9 Å². The van der Waals surface area contributed by atoms with Crippen LogP contribution in [0.3, 0.4) is 0 Å².